The molecule has 11 nitrogen and oxygen atoms in total. The molecule has 3 aromatic rings. The molecule has 1 aliphatic rings. The Labute approximate surface area is 204 Å². The number of carbonyl (C=O) groups excluding carboxylic acids is 2. The van der Waals surface area contributed by atoms with E-state index in [1.165, 1.54) is 30.3 Å². The van der Waals surface area contributed by atoms with Crippen molar-refractivity contribution in [1.29, 1.82) is 0 Å². The minimum Gasteiger partial charge on any atom is -0.481 e. The van der Waals surface area contributed by atoms with Gasteiger partial charge in [-0.05, 0) is 43.2 Å². The number of hydrogen-bond acceptors (Lipinski definition) is 7. The summed E-state index contributed by atoms with van der Waals surface area (Å²) in [5.74, 6) is -3.89. The van der Waals surface area contributed by atoms with Gasteiger partial charge >= 0.3 is 5.97 Å². The molecule has 2 aromatic carbocycles. The number of benzene rings is 2. The third-order valence-electron chi connectivity index (χ3n) is 5.98. The lowest BCUT2D eigenvalue weighted by Crippen LogP contribution is -2.33. The van der Waals surface area contributed by atoms with Gasteiger partial charge in [0.2, 0.25) is 5.91 Å². The molecule has 36 heavy (non-hydrogen) atoms. The van der Waals surface area contributed by atoms with Gasteiger partial charge in [-0.25, -0.2) is 9.37 Å². The smallest absolute Gasteiger partial charge is 0.305 e. The summed E-state index contributed by atoms with van der Waals surface area (Å²) in [5, 5.41) is 44.1. The lowest BCUT2D eigenvalue weighted by atomic mass is 9.89. The highest BCUT2D eigenvalue weighted by atomic mass is 19.1. The second-order valence-corrected chi connectivity index (χ2v) is 8.65. The van der Waals surface area contributed by atoms with Gasteiger partial charge in [0.1, 0.15) is 23.7 Å². The van der Waals surface area contributed by atoms with Crippen molar-refractivity contribution < 1.29 is 39.2 Å². The number of aliphatic carboxylic acids is 1. The summed E-state index contributed by atoms with van der Waals surface area (Å²) in [7, 11) is 0. The zero-order valence-electron chi connectivity index (χ0n) is 18.9. The van der Waals surface area contributed by atoms with Crippen molar-refractivity contribution >= 4 is 34.5 Å². The molecule has 0 bridgehead atoms. The molecule has 0 spiro atoms. The molecule has 1 aliphatic heterocycles. The molecule has 0 aliphatic carbocycles. The van der Waals surface area contributed by atoms with E-state index in [2.05, 4.69) is 20.6 Å². The Morgan fingerprint density at radius 2 is 1.94 bits per heavy atom. The number of carbonyl (C=O) groups is 3. The molecular weight excluding hydrogens is 475 g/mol. The Hall–Kier alpha value is -3.87. The maximum atomic E-state index is 14.3. The van der Waals surface area contributed by atoms with Crippen molar-refractivity contribution in [2.75, 3.05) is 11.9 Å². The van der Waals surface area contributed by atoms with Gasteiger partial charge in [0.25, 0.3) is 5.91 Å². The minimum absolute atomic E-state index is 0.0275. The van der Waals surface area contributed by atoms with Gasteiger partial charge < -0.3 is 36.0 Å². The average molecular weight is 500 g/mol. The second kappa shape index (κ2) is 10.4. The van der Waals surface area contributed by atoms with E-state index in [-0.39, 0.29) is 42.0 Å². The fourth-order valence-electron chi connectivity index (χ4n) is 4.23. The summed E-state index contributed by atoms with van der Waals surface area (Å²) >= 11 is 0. The summed E-state index contributed by atoms with van der Waals surface area (Å²) in [6, 6.07) is 8.70. The predicted octanol–water partition coefficient (Wildman–Crippen LogP) is 1.18. The van der Waals surface area contributed by atoms with Gasteiger partial charge in [-0.15, -0.1) is 0 Å². The standard InChI is InChI=1S/C24H25FN4O7/c25-14-2-1-3-16-19(14)21(34)20(24(36)29-16)22-27-15-5-4-11(8-17(15)28-22)23(35)26-7-6-12(30)9-13(31)10-18(32)33/h1-5,8,12-13,20-21,30-31,34H,6-7,9-10H2,(H,26,35)(H,27,28)(H,29,36)(H,32,33). The zero-order valence-corrected chi connectivity index (χ0v) is 18.9. The Bertz CT molecular complexity index is 1310. The molecule has 0 fully saturated rings. The maximum Gasteiger partial charge on any atom is 0.305 e. The zero-order chi connectivity index (χ0) is 26.0. The number of aromatic nitrogens is 2. The van der Waals surface area contributed by atoms with Crippen molar-refractivity contribution in [3.8, 4) is 0 Å². The third-order valence-corrected chi connectivity index (χ3v) is 5.98. The summed E-state index contributed by atoms with van der Waals surface area (Å²) in [4.78, 5) is 43.0. The molecule has 2 heterocycles. The van der Waals surface area contributed by atoms with Gasteiger partial charge in [-0.2, -0.15) is 0 Å². The first kappa shape index (κ1) is 25.2. The number of aliphatic hydroxyl groups excluding tert-OH is 3. The van der Waals surface area contributed by atoms with Gasteiger partial charge in [0.15, 0.2) is 0 Å². The highest BCUT2D eigenvalue weighted by Gasteiger charge is 2.39. The third kappa shape index (κ3) is 5.35. The number of amides is 2. The highest BCUT2D eigenvalue weighted by Crippen LogP contribution is 2.40. The maximum absolute atomic E-state index is 14.3. The van der Waals surface area contributed by atoms with E-state index in [1.807, 2.05) is 0 Å². The number of aromatic amines is 1. The van der Waals surface area contributed by atoms with Crippen LogP contribution < -0.4 is 10.6 Å². The largest absolute Gasteiger partial charge is 0.481 e. The molecule has 4 rings (SSSR count). The average Bonchev–Trinajstić information content (AvgIpc) is 3.20. The van der Waals surface area contributed by atoms with Crippen LogP contribution in [0.5, 0.6) is 0 Å². The van der Waals surface area contributed by atoms with Crippen LogP contribution in [-0.2, 0) is 9.59 Å². The van der Waals surface area contributed by atoms with E-state index in [0.717, 1.165) is 0 Å². The summed E-state index contributed by atoms with van der Waals surface area (Å²) in [5.41, 5.74) is 1.29. The molecule has 0 radical (unpaired) electrons. The molecule has 12 heteroatoms. The lowest BCUT2D eigenvalue weighted by Gasteiger charge is -2.28. The van der Waals surface area contributed by atoms with Crippen molar-refractivity contribution in [3.05, 3.63) is 59.2 Å². The van der Waals surface area contributed by atoms with Crippen LogP contribution in [0.15, 0.2) is 36.4 Å². The van der Waals surface area contributed by atoms with Crippen LogP contribution in [0.2, 0.25) is 0 Å². The van der Waals surface area contributed by atoms with Gasteiger partial charge in [0, 0.05) is 23.4 Å². The monoisotopic (exact) mass is 500 g/mol. The first-order chi connectivity index (χ1) is 17.1. The number of fused-ring (bicyclic) bond motifs is 2. The number of imidazole rings is 1. The normalized spacial score (nSPS) is 18.8. The number of carboxylic acids is 1. The van der Waals surface area contributed by atoms with Crippen LogP contribution in [0, 0.1) is 5.82 Å². The molecular formula is C24H25FN4O7. The van der Waals surface area contributed by atoms with Crippen molar-refractivity contribution in [2.24, 2.45) is 0 Å². The number of nitrogens with zero attached hydrogens (tertiary/aromatic N) is 1. The summed E-state index contributed by atoms with van der Waals surface area (Å²) in [6.07, 6.45) is -4.11. The second-order valence-electron chi connectivity index (χ2n) is 8.65. The summed E-state index contributed by atoms with van der Waals surface area (Å²) < 4.78 is 14.3. The number of aliphatic hydroxyl groups is 3. The first-order valence-corrected chi connectivity index (χ1v) is 11.3. The first-order valence-electron chi connectivity index (χ1n) is 11.3. The van der Waals surface area contributed by atoms with Crippen molar-refractivity contribution in [1.82, 2.24) is 15.3 Å². The molecule has 7 N–H and O–H groups in total. The van der Waals surface area contributed by atoms with Gasteiger partial charge in [-0.3, -0.25) is 14.4 Å². The molecule has 2 amide bonds. The fourth-order valence-corrected chi connectivity index (χ4v) is 4.23. The van der Waals surface area contributed by atoms with E-state index >= 15 is 0 Å². The molecule has 4 atom stereocenters. The minimum atomic E-state index is -1.46. The molecule has 4 unspecified atom stereocenters. The van der Waals surface area contributed by atoms with E-state index in [9.17, 15) is 34.1 Å². The number of carboxylic acid groups (broad SMARTS) is 1. The number of H-pyrrole nitrogens is 1. The Kier molecular flexibility index (Phi) is 7.29. The topological polar surface area (TPSA) is 185 Å². The predicted molar refractivity (Wildman–Crippen MR) is 125 cm³/mol. The number of hydrogen-bond donors (Lipinski definition) is 7. The van der Waals surface area contributed by atoms with Crippen LogP contribution in [0.1, 0.15) is 53.0 Å². The van der Waals surface area contributed by atoms with Crippen LogP contribution in [0.4, 0.5) is 10.1 Å². The van der Waals surface area contributed by atoms with E-state index < -0.39 is 54.3 Å². The van der Waals surface area contributed by atoms with E-state index in [1.54, 1.807) is 6.07 Å². The van der Waals surface area contributed by atoms with Crippen molar-refractivity contribution in [2.45, 2.75) is 43.5 Å². The molecule has 190 valence electrons. The van der Waals surface area contributed by atoms with E-state index in [0.29, 0.717) is 11.0 Å². The van der Waals surface area contributed by atoms with Crippen LogP contribution in [0.25, 0.3) is 11.0 Å². The number of anilines is 1. The van der Waals surface area contributed by atoms with Crippen LogP contribution in [0.3, 0.4) is 0 Å². The molecule has 0 saturated heterocycles. The Morgan fingerprint density at radius 3 is 2.69 bits per heavy atom. The Morgan fingerprint density at radius 1 is 1.17 bits per heavy atom. The highest BCUT2D eigenvalue weighted by molar-refractivity contribution is 6.00. The quantitative estimate of drug-likeness (QED) is 0.228. The molecule has 0 saturated carbocycles. The Balaban J connectivity index is 1.42. The lowest BCUT2D eigenvalue weighted by molar-refractivity contribution is -0.139. The number of halogens is 1. The molecule has 1 aromatic heterocycles. The van der Waals surface area contributed by atoms with Crippen LogP contribution >= 0.6 is 0 Å². The van der Waals surface area contributed by atoms with E-state index in [4.69, 9.17) is 5.11 Å². The number of rotatable bonds is 9. The van der Waals surface area contributed by atoms with Crippen molar-refractivity contribution in [3.63, 3.8) is 0 Å². The fraction of sp³-hybridized carbons (Fsp3) is 0.333. The summed E-state index contributed by atoms with van der Waals surface area (Å²) in [6.45, 7) is 0.0888. The van der Waals surface area contributed by atoms with Gasteiger partial charge in [-0.1, -0.05) is 6.07 Å². The SMILES string of the molecule is O=C(O)CC(O)CC(O)CCNC(=O)c1ccc2nc(C3C(=O)Nc4cccc(F)c4C3O)[nH]c2c1. The van der Waals surface area contributed by atoms with Gasteiger partial charge in [0.05, 0.1) is 29.7 Å². The van der Waals surface area contributed by atoms with Crippen LogP contribution in [-0.4, -0.2) is 66.9 Å². The number of nitrogens with one attached hydrogen (secondary N) is 3.